The van der Waals surface area contributed by atoms with E-state index < -0.39 is 11.0 Å². The molecule has 1 rings (SSSR count). The molecule has 6 heteroatoms. The summed E-state index contributed by atoms with van der Waals surface area (Å²) >= 11 is 0. The van der Waals surface area contributed by atoms with Gasteiger partial charge < -0.3 is 4.74 Å². The van der Waals surface area contributed by atoms with Crippen LogP contribution >= 0.6 is 0 Å². The zero-order valence-electron chi connectivity index (χ0n) is 8.10. The van der Waals surface area contributed by atoms with Gasteiger partial charge in [0.25, 0.3) is 5.69 Å². The van der Waals surface area contributed by atoms with Crippen molar-refractivity contribution in [3.63, 3.8) is 0 Å². The first-order chi connectivity index (χ1) is 7.15. The summed E-state index contributed by atoms with van der Waals surface area (Å²) in [6.07, 6.45) is -0.702. The lowest BCUT2D eigenvalue weighted by molar-refractivity contribution is -0.383. The van der Waals surface area contributed by atoms with Gasteiger partial charge in [-0.05, 0) is 13.0 Å². The van der Waals surface area contributed by atoms with Crippen LogP contribution in [-0.2, 0) is 4.74 Å². The molecule has 80 valence electrons. The molecule has 1 N–H and O–H groups in total. The van der Waals surface area contributed by atoms with E-state index in [2.05, 4.69) is 10.1 Å². The van der Waals surface area contributed by atoms with Gasteiger partial charge in [0, 0.05) is 6.07 Å². The highest BCUT2D eigenvalue weighted by molar-refractivity contribution is 5.87. The second-order valence-electron chi connectivity index (χ2n) is 2.62. The fraction of sp³-hybridized carbons (Fsp3) is 0.222. The quantitative estimate of drug-likeness (QED) is 0.612. The Bertz CT molecular complexity index is 378. The highest BCUT2D eigenvalue weighted by Crippen LogP contribution is 2.22. The van der Waals surface area contributed by atoms with Crippen molar-refractivity contribution >= 4 is 17.5 Å². The summed E-state index contributed by atoms with van der Waals surface area (Å²) in [7, 11) is 0. The molecule has 0 saturated carbocycles. The monoisotopic (exact) mass is 210 g/mol. The van der Waals surface area contributed by atoms with Crippen molar-refractivity contribution < 1.29 is 14.5 Å². The first kappa shape index (κ1) is 11.0. The van der Waals surface area contributed by atoms with Gasteiger partial charge in [0.15, 0.2) is 0 Å². The average molecular weight is 210 g/mol. The Morgan fingerprint density at radius 3 is 2.80 bits per heavy atom. The van der Waals surface area contributed by atoms with E-state index in [1.165, 1.54) is 18.2 Å². The van der Waals surface area contributed by atoms with Gasteiger partial charge in [-0.3, -0.25) is 15.4 Å². The number of anilines is 1. The maximum Gasteiger partial charge on any atom is 0.411 e. The third-order valence-corrected chi connectivity index (χ3v) is 1.61. The number of benzene rings is 1. The Labute approximate surface area is 86.0 Å². The number of para-hydroxylation sites is 2. The van der Waals surface area contributed by atoms with Crippen molar-refractivity contribution in [2.24, 2.45) is 0 Å². The van der Waals surface area contributed by atoms with Crippen LogP contribution in [-0.4, -0.2) is 17.6 Å². The lowest BCUT2D eigenvalue weighted by Gasteiger charge is -2.04. The summed E-state index contributed by atoms with van der Waals surface area (Å²) in [4.78, 5) is 21.0. The smallest absolute Gasteiger partial charge is 0.411 e. The van der Waals surface area contributed by atoms with E-state index in [4.69, 9.17) is 0 Å². The Kier molecular flexibility index (Phi) is 3.61. The van der Waals surface area contributed by atoms with E-state index in [0.29, 0.717) is 0 Å². The Hall–Kier alpha value is -2.11. The van der Waals surface area contributed by atoms with Crippen LogP contribution in [0.3, 0.4) is 0 Å². The van der Waals surface area contributed by atoms with Crippen LogP contribution in [0.25, 0.3) is 0 Å². The number of hydrogen-bond donors (Lipinski definition) is 1. The van der Waals surface area contributed by atoms with Crippen molar-refractivity contribution in [2.75, 3.05) is 11.9 Å². The maximum atomic E-state index is 11.0. The summed E-state index contributed by atoms with van der Waals surface area (Å²) in [6.45, 7) is 1.87. The number of nitrogens with zero attached hydrogens (tertiary/aromatic N) is 1. The fourth-order valence-electron chi connectivity index (χ4n) is 1.02. The predicted molar refractivity (Wildman–Crippen MR) is 53.7 cm³/mol. The number of ether oxygens (including phenoxy) is 1. The highest BCUT2D eigenvalue weighted by Gasteiger charge is 2.14. The molecule has 0 spiro atoms. The molecule has 1 amide bonds. The van der Waals surface area contributed by atoms with E-state index in [1.807, 2.05) is 0 Å². The van der Waals surface area contributed by atoms with Gasteiger partial charge in [-0.25, -0.2) is 4.79 Å². The maximum absolute atomic E-state index is 11.0. The number of nitro groups is 1. The molecule has 1 aromatic carbocycles. The lowest BCUT2D eigenvalue weighted by Crippen LogP contribution is -2.14. The Morgan fingerprint density at radius 1 is 1.53 bits per heavy atom. The lowest BCUT2D eigenvalue weighted by atomic mass is 10.3. The van der Waals surface area contributed by atoms with Crippen molar-refractivity contribution in [1.82, 2.24) is 0 Å². The van der Waals surface area contributed by atoms with Crippen molar-refractivity contribution in [2.45, 2.75) is 6.92 Å². The summed E-state index contributed by atoms with van der Waals surface area (Å²) < 4.78 is 4.61. The van der Waals surface area contributed by atoms with Crippen LogP contribution in [0.5, 0.6) is 0 Å². The number of nitrogens with one attached hydrogen (secondary N) is 1. The topological polar surface area (TPSA) is 81.5 Å². The molecule has 1 aromatic rings. The zero-order valence-corrected chi connectivity index (χ0v) is 8.10. The van der Waals surface area contributed by atoms with Gasteiger partial charge in [0.2, 0.25) is 0 Å². The Morgan fingerprint density at radius 2 is 2.20 bits per heavy atom. The van der Waals surface area contributed by atoms with Crippen LogP contribution in [0.4, 0.5) is 16.2 Å². The largest absolute Gasteiger partial charge is 0.450 e. The molecular formula is C9H10N2O4. The number of hydrogen-bond acceptors (Lipinski definition) is 4. The van der Waals surface area contributed by atoms with Crippen molar-refractivity contribution in [3.8, 4) is 0 Å². The van der Waals surface area contributed by atoms with E-state index in [-0.39, 0.29) is 18.0 Å². The molecule has 0 aromatic heterocycles. The first-order valence-electron chi connectivity index (χ1n) is 4.32. The molecule has 15 heavy (non-hydrogen) atoms. The molecule has 0 aliphatic carbocycles. The van der Waals surface area contributed by atoms with E-state index in [9.17, 15) is 14.9 Å². The molecule has 0 fully saturated rings. The third-order valence-electron chi connectivity index (χ3n) is 1.61. The molecule has 0 atom stereocenters. The van der Waals surface area contributed by atoms with Crippen molar-refractivity contribution in [3.05, 3.63) is 34.4 Å². The van der Waals surface area contributed by atoms with E-state index in [0.717, 1.165) is 0 Å². The zero-order chi connectivity index (χ0) is 11.3. The van der Waals surface area contributed by atoms with Gasteiger partial charge >= 0.3 is 6.09 Å². The average Bonchev–Trinajstić information content (AvgIpc) is 2.18. The molecule has 0 aliphatic heterocycles. The SMILES string of the molecule is CCOC(=O)Nc1ccccc1[N+](=O)[O-]. The number of nitro benzene ring substituents is 1. The molecule has 0 heterocycles. The Balaban J connectivity index is 2.84. The van der Waals surface area contributed by atoms with Gasteiger partial charge in [-0.1, -0.05) is 12.1 Å². The summed E-state index contributed by atoms with van der Waals surface area (Å²) in [5.74, 6) is 0. The number of carbonyl (C=O) groups is 1. The normalized spacial score (nSPS) is 9.40. The molecule has 0 bridgehead atoms. The highest BCUT2D eigenvalue weighted by atomic mass is 16.6. The second-order valence-corrected chi connectivity index (χ2v) is 2.62. The number of amides is 1. The van der Waals surface area contributed by atoms with Gasteiger partial charge in [-0.2, -0.15) is 0 Å². The third kappa shape index (κ3) is 2.94. The van der Waals surface area contributed by atoms with Crippen LogP contribution in [0, 0.1) is 10.1 Å². The molecule has 0 radical (unpaired) electrons. The minimum atomic E-state index is -0.702. The number of rotatable bonds is 3. The van der Waals surface area contributed by atoms with E-state index >= 15 is 0 Å². The minimum absolute atomic E-state index is 0.126. The van der Waals surface area contributed by atoms with Gasteiger partial charge in [0.05, 0.1) is 11.5 Å². The van der Waals surface area contributed by atoms with Crippen LogP contribution in [0.15, 0.2) is 24.3 Å². The first-order valence-corrected chi connectivity index (χ1v) is 4.32. The van der Waals surface area contributed by atoms with E-state index in [1.54, 1.807) is 13.0 Å². The van der Waals surface area contributed by atoms with Crippen molar-refractivity contribution in [1.29, 1.82) is 0 Å². The molecule has 0 saturated heterocycles. The molecule has 0 unspecified atom stereocenters. The molecule has 0 aliphatic rings. The number of carbonyl (C=O) groups excluding carboxylic acids is 1. The summed E-state index contributed by atoms with van der Waals surface area (Å²) in [6, 6.07) is 5.86. The molecular weight excluding hydrogens is 200 g/mol. The fourth-order valence-corrected chi connectivity index (χ4v) is 1.02. The minimum Gasteiger partial charge on any atom is -0.450 e. The molecule has 6 nitrogen and oxygen atoms in total. The van der Waals surface area contributed by atoms with Crippen LogP contribution in [0.1, 0.15) is 6.92 Å². The summed E-state index contributed by atoms with van der Waals surface area (Å²) in [5.41, 5.74) is -0.0356. The van der Waals surface area contributed by atoms with Crippen LogP contribution in [0.2, 0.25) is 0 Å². The summed E-state index contributed by atoms with van der Waals surface area (Å²) in [5, 5.41) is 12.9. The standard InChI is InChI=1S/C9H10N2O4/c1-2-15-9(12)10-7-5-3-4-6-8(7)11(13)14/h3-6H,2H2,1H3,(H,10,12). The van der Waals surface area contributed by atoms with Crippen LogP contribution < -0.4 is 5.32 Å². The predicted octanol–water partition coefficient (Wildman–Crippen LogP) is 2.16. The van der Waals surface area contributed by atoms with Gasteiger partial charge in [-0.15, -0.1) is 0 Å². The van der Waals surface area contributed by atoms with Gasteiger partial charge in [0.1, 0.15) is 5.69 Å². The second kappa shape index (κ2) is 4.94.